The lowest BCUT2D eigenvalue weighted by atomic mass is 10.1. The third-order valence-corrected chi connectivity index (χ3v) is 3.94. The summed E-state index contributed by atoms with van der Waals surface area (Å²) >= 11 is 0. The van der Waals surface area contributed by atoms with Crippen LogP contribution in [0, 0.1) is 0 Å². The quantitative estimate of drug-likeness (QED) is 0.913. The second-order valence-corrected chi connectivity index (χ2v) is 5.27. The number of ether oxygens (including phenoxy) is 2. The summed E-state index contributed by atoms with van der Waals surface area (Å²) in [6.45, 7) is 3.06. The number of likely N-dealkylation sites (N-methyl/N-ethyl adjacent to an activating group) is 1. The Morgan fingerprint density at radius 1 is 1.10 bits per heavy atom. The summed E-state index contributed by atoms with van der Waals surface area (Å²) in [6, 6.07) is 16.6. The minimum atomic E-state index is 0.120. The first-order chi connectivity index (χ1) is 10.3. The van der Waals surface area contributed by atoms with Gasteiger partial charge in [-0.2, -0.15) is 0 Å². The molecule has 1 aliphatic carbocycles. The third kappa shape index (κ3) is 2.88. The van der Waals surface area contributed by atoms with E-state index < -0.39 is 0 Å². The summed E-state index contributed by atoms with van der Waals surface area (Å²) in [5, 5.41) is 3.54. The molecule has 0 spiro atoms. The summed E-state index contributed by atoms with van der Waals surface area (Å²) in [7, 11) is 1.67. The molecule has 0 fully saturated rings. The molecule has 3 nitrogen and oxygen atoms in total. The fourth-order valence-electron chi connectivity index (χ4n) is 2.98. The largest absolute Gasteiger partial charge is 0.497 e. The molecule has 0 saturated carbocycles. The highest BCUT2D eigenvalue weighted by atomic mass is 16.5. The van der Waals surface area contributed by atoms with Crippen LogP contribution in [-0.4, -0.2) is 19.8 Å². The fraction of sp³-hybridized carbons (Fsp3) is 0.333. The van der Waals surface area contributed by atoms with Crippen LogP contribution in [-0.2, 0) is 6.42 Å². The minimum absolute atomic E-state index is 0.120. The molecule has 0 radical (unpaired) electrons. The Hall–Kier alpha value is -2.00. The topological polar surface area (TPSA) is 30.5 Å². The first-order valence-corrected chi connectivity index (χ1v) is 7.43. The van der Waals surface area contributed by atoms with Crippen molar-refractivity contribution in [3.8, 4) is 11.5 Å². The van der Waals surface area contributed by atoms with Crippen LogP contribution in [0.25, 0.3) is 0 Å². The number of nitrogens with one attached hydrogen (secondary N) is 1. The maximum atomic E-state index is 6.22. The standard InChI is InChI=1S/C18H21NO2/c1-3-19-18-16-10-5-4-7-13(16)11-17(18)21-15-9-6-8-14(12-15)20-2/h4-10,12,17-19H,3,11H2,1-2H3. The molecule has 2 aromatic carbocycles. The highest BCUT2D eigenvalue weighted by Gasteiger charge is 2.33. The molecule has 1 aliphatic rings. The summed E-state index contributed by atoms with van der Waals surface area (Å²) in [5.74, 6) is 1.68. The van der Waals surface area contributed by atoms with Gasteiger partial charge >= 0.3 is 0 Å². The zero-order valence-corrected chi connectivity index (χ0v) is 12.5. The smallest absolute Gasteiger partial charge is 0.123 e. The summed E-state index contributed by atoms with van der Waals surface area (Å²) in [5.41, 5.74) is 2.73. The van der Waals surface area contributed by atoms with E-state index in [-0.39, 0.29) is 12.1 Å². The second-order valence-electron chi connectivity index (χ2n) is 5.27. The molecule has 0 aromatic heterocycles. The minimum Gasteiger partial charge on any atom is -0.497 e. The molecule has 2 atom stereocenters. The normalized spacial score (nSPS) is 20.1. The predicted molar refractivity (Wildman–Crippen MR) is 84.0 cm³/mol. The maximum Gasteiger partial charge on any atom is 0.123 e. The van der Waals surface area contributed by atoms with Crippen molar-refractivity contribution in [2.45, 2.75) is 25.5 Å². The Labute approximate surface area is 125 Å². The van der Waals surface area contributed by atoms with Crippen molar-refractivity contribution in [1.82, 2.24) is 5.32 Å². The van der Waals surface area contributed by atoms with Gasteiger partial charge in [0.1, 0.15) is 17.6 Å². The molecular weight excluding hydrogens is 262 g/mol. The molecule has 0 bridgehead atoms. The van der Waals surface area contributed by atoms with Gasteiger partial charge in [0.15, 0.2) is 0 Å². The van der Waals surface area contributed by atoms with Gasteiger partial charge in [0, 0.05) is 12.5 Å². The number of rotatable bonds is 5. The summed E-state index contributed by atoms with van der Waals surface area (Å²) in [4.78, 5) is 0. The van der Waals surface area contributed by atoms with Crippen molar-refractivity contribution >= 4 is 0 Å². The zero-order valence-electron chi connectivity index (χ0n) is 12.5. The van der Waals surface area contributed by atoms with Gasteiger partial charge in [-0.05, 0) is 29.8 Å². The van der Waals surface area contributed by atoms with Crippen molar-refractivity contribution in [3.63, 3.8) is 0 Å². The third-order valence-electron chi connectivity index (χ3n) is 3.94. The van der Waals surface area contributed by atoms with Gasteiger partial charge in [-0.15, -0.1) is 0 Å². The highest BCUT2D eigenvalue weighted by molar-refractivity contribution is 5.38. The number of benzene rings is 2. The van der Waals surface area contributed by atoms with Gasteiger partial charge in [-0.3, -0.25) is 0 Å². The Balaban J connectivity index is 1.82. The average Bonchev–Trinajstić information content (AvgIpc) is 2.86. The van der Waals surface area contributed by atoms with E-state index in [1.165, 1.54) is 11.1 Å². The van der Waals surface area contributed by atoms with Gasteiger partial charge < -0.3 is 14.8 Å². The first-order valence-electron chi connectivity index (χ1n) is 7.43. The van der Waals surface area contributed by atoms with Gasteiger partial charge in [0.25, 0.3) is 0 Å². The lowest BCUT2D eigenvalue weighted by Crippen LogP contribution is -2.32. The molecule has 0 saturated heterocycles. The van der Waals surface area contributed by atoms with E-state index in [2.05, 4.69) is 36.5 Å². The van der Waals surface area contributed by atoms with Crippen LogP contribution in [0.1, 0.15) is 24.1 Å². The molecule has 21 heavy (non-hydrogen) atoms. The van der Waals surface area contributed by atoms with Crippen LogP contribution in [0.2, 0.25) is 0 Å². The van der Waals surface area contributed by atoms with Crippen molar-refractivity contribution in [1.29, 1.82) is 0 Å². The number of methoxy groups -OCH3 is 1. The lowest BCUT2D eigenvalue weighted by molar-refractivity contribution is 0.167. The molecule has 3 rings (SSSR count). The van der Waals surface area contributed by atoms with Crippen LogP contribution < -0.4 is 14.8 Å². The van der Waals surface area contributed by atoms with Crippen LogP contribution in [0.5, 0.6) is 11.5 Å². The van der Waals surface area contributed by atoms with Crippen molar-refractivity contribution in [2.75, 3.05) is 13.7 Å². The van der Waals surface area contributed by atoms with Gasteiger partial charge in [0.2, 0.25) is 0 Å². The van der Waals surface area contributed by atoms with E-state index >= 15 is 0 Å². The van der Waals surface area contributed by atoms with Crippen molar-refractivity contribution in [2.24, 2.45) is 0 Å². The maximum absolute atomic E-state index is 6.22. The lowest BCUT2D eigenvalue weighted by Gasteiger charge is -2.23. The molecule has 3 heteroatoms. The monoisotopic (exact) mass is 283 g/mol. The molecule has 2 unspecified atom stereocenters. The van der Waals surface area contributed by atoms with Crippen LogP contribution in [0.4, 0.5) is 0 Å². The molecular formula is C18H21NO2. The van der Waals surface area contributed by atoms with E-state index in [9.17, 15) is 0 Å². The molecule has 0 aliphatic heterocycles. The Morgan fingerprint density at radius 3 is 2.71 bits per heavy atom. The summed E-state index contributed by atoms with van der Waals surface area (Å²) in [6.07, 6.45) is 1.06. The Bertz CT molecular complexity index is 612. The van der Waals surface area contributed by atoms with E-state index in [0.717, 1.165) is 24.5 Å². The van der Waals surface area contributed by atoms with Crippen LogP contribution in [0.15, 0.2) is 48.5 Å². The van der Waals surface area contributed by atoms with E-state index in [1.54, 1.807) is 7.11 Å². The Kier molecular flexibility index (Phi) is 4.11. The van der Waals surface area contributed by atoms with E-state index in [4.69, 9.17) is 9.47 Å². The SMILES string of the molecule is CCNC1c2ccccc2CC1Oc1cccc(OC)c1. The predicted octanol–water partition coefficient (Wildman–Crippen LogP) is 3.35. The van der Waals surface area contributed by atoms with Gasteiger partial charge in [-0.1, -0.05) is 37.3 Å². The summed E-state index contributed by atoms with van der Waals surface area (Å²) < 4.78 is 11.5. The average molecular weight is 283 g/mol. The van der Waals surface area contributed by atoms with Crippen molar-refractivity contribution < 1.29 is 9.47 Å². The Morgan fingerprint density at radius 2 is 1.90 bits per heavy atom. The number of fused-ring (bicyclic) bond motifs is 1. The molecule has 110 valence electrons. The number of hydrogen-bond acceptors (Lipinski definition) is 3. The fourth-order valence-corrected chi connectivity index (χ4v) is 2.98. The molecule has 1 N–H and O–H groups in total. The molecule has 2 aromatic rings. The van der Waals surface area contributed by atoms with Gasteiger partial charge in [0.05, 0.1) is 13.2 Å². The van der Waals surface area contributed by atoms with Crippen LogP contribution >= 0.6 is 0 Å². The second kappa shape index (κ2) is 6.19. The molecule has 0 heterocycles. The van der Waals surface area contributed by atoms with E-state index in [0.29, 0.717) is 0 Å². The first kappa shape index (κ1) is 14.0. The molecule has 0 amide bonds. The van der Waals surface area contributed by atoms with Crippen molar-refractivity contribution in [3.05, 3.63) is 59.7 Å². The highest BCUT2D eigenvalue weighted by Crippen LogP contribution is 2.34. The van der Waals surface area contributed by atoms with Gasteiger partial charge in [-0.25, -0.2) is 0 Å². The van der Waals surface area contributed by atoms with E-state index in [1.807, 2.05) is 24.3 Å². The van der Waals surface area contributed by atoms with Crippen LogP contribution in [0.3, 0.4) is 0 Å². The number of hydrogen-bond donors (Lipinski definition) is 1. The zero-order chi connectivity index (χ0) is 14.7.